The van der Waals surface area contributed by atoms with E-state index in [0.717, 1.165) is 18.2 Å². The zero-order valence-electron chi connectivity index (χ0n) is 11.5. The second-order valence-electron chi connectivity index (χ2n) is 4.35. The molecule has 1 unspecified atom stereocenters. The van der Waals surface area contributed by atoms with Crippen molar-refractivity contribution in [2.75, 3.05) is 0 Å². The number of aliphatic carboxylic acids is 1. The lowest BCUT2D eigenvalue weighted by Gasteiger charge is -2.23. The van der Waals surface area contributed by atoms with Crippen molar-refractivity contribution in [2.24, 2.45) is 0 Å². The van der Waals surface area contributed by atoms with Crippen LogP contribution in [0, 0.1) is 6.92 Å². The van der Waals surface area contributed by atoms with Gasteiger partial charge in [-0.1, -0.05) is 6.58 Å². The van der Waals surface area contributed by atoms with Crippen molar-refractivity contribution < 1.29 is 45.7 Å². The average molecular weight is 344 g/mol. The number of carboxylic acid groups (broad SMARTS) is 1. The van der Waals surface area contributed by atoms with E-state index in [0.29, 0.717) is 0 Å². The summed E-state index contributed by atoms with van der Waals surface area (Å²) in [7, 11) is 0. The highest BCUT2D eigenvalue weighted by atomic mass is 19.4. The summed E-state index contributed by atoms with van der Waals surface area (Å²) in [5.74, 6) is -3.02. The molecule has 0 amide bonds. The maximum absolute atomic E-state index is 12.8. The van der Waals surface area contributed by atoms with E-state index in [1.54, 1.807) is 0 Å². The number of rotatable bonds is 5. The molecule has 0 aliphatic heterocycles. The molecule has 0 radical (unpaired) electrons. The predicted molar refractivity (Wildman–Crippen MR) is 65.1 cm³/mol. The van der Waals surface area contributed by atoms with E-state index in [9.17, 15) is 31.1 Å². The van der Waals surface area contributed by atoms with Crippen LogP contribution < -0.4 is 9.47 Å². The Morgan fingerprint density at radius 1 is 1.22 bits per heavy atom. The van der Waals surface area contributed by atoms with E-state index in [1.807, 2.05) is 0 Å². The highest BCUT2D eigenvalue weighted by Gasteiger charge is 2.46. The Kier molecular flexibility index (Phi) is 5.18. The molecule has 0 saturated heterocycles. The fourth-order valence-electron chi connectivity index (χ4n) is 1.53. The highest BCUT2D eigenvalue weighted by Crippen LogP contribution is 2.33. The van der Waals surface area contributed by atoms with Crippen molar-refractivity contribution in [3.63, 3.8) is 0 Å². The van der Waals surface area contributed by atoms with Gasteiger partial charge in [0.15, 0.2) is 0 Å². The number of halogens is 6. The third kappa shape index (κ3) is 5.38. The molecule has 0 bridgehead atoms. The van der Waals surface area contributed by atoms with Gasteiger partial charge in [-0.25, -0.2) is 4.79 Å². The Morgan fingerprint density at radius 2 is 1.78 bits per heavy atom. The highest BCUT2D eigenvalue weighted by molar-refractivity contribution is 5.87. The van der Waals surface area contributed by atoms with Crippen LogP contribution >= 0.6 is 0 Å². The third-order valence-electron chi connectivity index (χ3n) is 2.51. The van der Waals surface area contributed by atoms with Crippen molar-refractivity contribution in [2.45, 2.75) is 25.6 Å². The quantitative estimate of drug-likeness (QED) is 0.651. The monoisotopic (exact) mass is 344 g/mol. The van der Waals surface area contributed by atoms with Gasteiger partial charge >= 0.3 is 18.5 Å². The predicted octanol–water partition coefficient (Wildman–Crippen LogP) is 3.84. The van der Waals surface area contributed by atoms with Crippen molar-refractivity contribution in [1.29, 1.82) is 0 Å². The van der Waals surface area contributed by atoms with Gasteiger partial charge in [0.1, 0.15) is 11.5 Å². The lowest BCUT2D eigenvalue weighted by molar-refractivity contribution is -0.274. The summed E-state index contributed by atoms with van der Waals surface area (Å²) in [5, 5.41) is 8.61. The van der Waals surface area contributed by atoms with Crippen LogP contribution in [0.15, 0.2) is 30.4 Å². The van der Waals surface area contributed by atoms with Gasteiger partial charge < -0.3 is 14.6 Å². The molecular weight excluding hydrogens is 334 g/mol. The van der Waals surface area contributed by atoms with E-state index < -0.39 is 41.7 Å². The van der Waals surface area contributed by atoms with Gasteiger partial charge in [0.2, 0.25) is 6.10 Å². The first-order valence-electron chi connectivity index (χ1n) is 5.83. The first-order chi connectivity index (χ1) is 10.3. The number of benzene rings is 1. The molecule has 0 heterocycles. The molecule has 0 spiro atoms. The van der Waals surface area contributed by atoms with Crippen LogP contribution in [-0.4, -0.2) is 29.7 Å². The fraction of sp³-hybridized carbons (Fsp3) is 0.308. The minimum atomic E-state index is -5.07. The number of hydrogen-bond acceptors (Lipinski definition) is 3. The molecule has 10 heteroatoms. The van der Waals surface area contributed by atoms with E-state index in [-0.39, 0.29) is 5.56 Å². The normalized spacial score (nSPS) is 13.3. The van der Waals surface area contributed by atoms with Crippen LogP contribution in [0.25, 0.3) is 0 Å². The lowest BCUT2D eigenvalue weighted by atomic mass is 10.1. The summed E-state index contributed by atoms with van der Waals surface area (Å²) in [6, 6.07) is 2.36. The molecule has 4 nitrogen and oxygen atoms in total. The molecule has 0 fully saturated rings. The van der Waals surface area contributed by atoms with Crippen molar-refractivity contribution in [3.05, 3.63) is 35.9 Å². The van der Waals surface area contributed by atoms with E-state index in [4.69, 9.17) is 5.11 Å². The maximum Gasteiger partial charge on any atom is 0.573 e. The van der Waals surface area contributed by atoms with Gasteiger partial charge in [0, 0.05) is 0 Å². The minimum absolute atomic E-state index is 0.112. The Bertz CT molecular complexity index is 605. The topological polar surface area (TPSA) is 55.8 Å². The molecule has 1 N–H and O–H groups in total. The molecule has 1 aromatic carbocycles. The first-order valence-corrected chi connectivity index (χ1v) is 5.83. The second-order valence-corrected chi connectivity index (χ2v) is 4.35. The minimum Gasteiger partial charge on any atom is -0.478 e. The Hall–Kier alpha value is -2.39. The number of aryl methyl sites for hydroxylation is 1. The van der Waals surface area contributed by atoms with Crippen LogP contribution in [-0.2, 0) is 4.79 Å². The van der Waals surface area contributed by atoms with Crippen molar-refractivity contribution >= 4 is 5.97 Å². The largest absolute Gasteiger partial charge is 0.573 e. The number of hydrogen-bond donors (Lipinski definition) is 1. The molecule has 0 aromatic heterocycles. The van der Waals surface area contributed by atoms with Gasteiger partial charge in [-0.15, -0.1) is 13.2 Å². The van der Waals surface area contributed by atoms with Crippen molar-refractivity contribution in [1.82, 2.24) is 0 Å². The van der Waals surface area contributed by atoms with Crippen LogP contribution in [0.5, 0.6) is 11.5 Å². The van der Waals surface area contributed by atoms with E-state index >= 15 is 0 Å². The maximum atomic E-state index is 12.8. The van der Waals surface area contributed by atoms with E-state index in [2.05, 4.69) is 16.1 Å². The fourth-order valence-corrected chi connectivity index (χ4v) is 1.53. The lowest BCUT2D eigenvalue weighted by Crippen LogP contribution is -2.38. The molecular formula is C13H10F6O4. The molecule has 128 valence electrons. The zero-order valence-corrected chi connectivity index (χ0v) is 11.5. The van der Waals surface area contributed by atoms with Gasteiger partial charge in [-0.2, -0.15) is 13.2 Å². The Labute approximate surface area is 125 Å². The summed E-state index contributed by atoms with van der Waals surface area (Å²) < 4.78 is 82.8. The number of ether oxygens (including phenoxy) is 2. The Balaban J connectivity index is 3.06. The molecule has 23 heavy (non-hydrogen) atoms. The number of carbonyl (C=O) groups is 1. The van der Waals surface area contributed by atoms with Crippen LogP contribution in [0.1, 0.15) is 5.56 Å². The summed E-state index contributed by atoms with van der Waals surface area (Å²) in [6.07, 6.45) is -12.9. The molecule has 1 aromatic rings. The SMILES string of the molecule is C=C(C(=O)O)C(Oc1ccc(OC(F)(F)F)cc1C)C(F)(F)F. The van der Waals surface area contributed by atoms with Gasteiger partial charge in [-0.05, 0) is 30.7 Å². The summed E-state index contributed by atoms with van der Waals surface area (Å²) >= 11 is 0. The van der Waals surface area contributed by atoms with Crippen LogP contribution in [0.4, 0.5) is 26.3 Å². The van der Waals surface area contributed by atoms with Gasteiger partial charge in [-0.3, -0.25) is 0 Å². The summed E-state index contributed by atoms with van der Waals surface area (Å²) in [5.41, 5.74) is -1.37. The Morgan fingerprint density at radius 3 is 2.17 bits per heavy atom. The van der Waals surface area contributed by atoms with Crippen LogP contribution in [0.3, 0.4) is 0 Å². The standard InChI is InChI=1S/C13H10F6O4/c1-6-5-8(23-13(17,18)19)3-4-9(6)22-10(12(14,15)16)7(2)11(20)21/h3-5,10H,2H2,1H3,(H,20,21). The molecule has 1 rings (SSSR count). The summed E-state index contributed by atoms with van der Waals surface area (Å²) in [4.78, 5) is 10.6. The molecule has 0 aliphatic rings. The number of carboxylic acids is 1. The smallest absolute Gasteiger partial charge is 0.478 e. The van der Waals surface area contributed by atoms with Crippen LogP contribution in [0.2, 0.25) is 0 Å². The van der Waals surface area contributed by atoms with Gasteiger partial charge in [0.05, 0.1) is 5.57 Å². The summed E-state index contributed by atoms with van der Waals surface area (Å²) in [6.45, 7) is 3.97. The second kappa shape index (κ2) is 6.39. The van der Waals surface area contributed by atoms with E-state index in [1.165, 1.54) is 6.92 Å². The van der Waals surface area contributed by atoms with Crippen molar-refractivity contribution in [3.8, 4) is 11.5 Å². The molecule has 1 atom stereocenters. The van der Waals surface area contributed by atoms with Gasteiger partial charge in [0.25, 0.3) is 0 Å². The molecule has 0 aliphatic carbocycles. The molecule has 0 saturated carbocycles. The average Bonchev–Trinajstić information content (AvgIpc) is 2.33. The third-order valence-corrected chi connectivity index (χ3v) is 2.51. The zero-order chi connectivity index (χ0) is 18.0. The number of alkyl halides is 6. The first kappa shape index (κ1) is 18.7.